The molecule has 3 N–H and O–H groups in total. The summed E-state index contributed by atoms with van der Waals surface area (Å²) in [6, 6.07) is 4.55. The Labute approximate surface area is 76.6 Å². The molecular formula is C9H12N2O2. The van der Waals surface area contributed by atoms with Gasteiger partial charge in [0.15, 0.2) is 0 Å². The van der Waals surface area contributed by atoms with Gasteiger partial charge in [-0.15, -0.1) is 0 Å². The van der Waals surface area contributed by atoms with Gasteiger partial charge in [-0.05, 0) is 12.1 Å². The van der Waals surface area contributed by atoms with E-state index >= 15 is 0 Å². The average Bonchev–Trinajstić information content (AvgIpc) is 2.16. The average molecular weight is 180 g/mol. The summed E-state index contributed by atoms with van der Waals surface area (Å²) in [5, 5.41) is 14.5. The molecule has 0 aromatic heterocycles. The van der Waals surface area contributed by atoms with Crippen LogP contribution in [0.5, 0.6) is 5.75 Å². The van der Waals surface area contributed by atoms with Gasteiger partial charge in [0.1, 0.15) is 5.75 Å². The Morgan fingerprint density at radius 1 is 1.38 bits per heavy atom. The third-order valence-electron chi connectivity index (χ3n) is 1.74. The monoisotopic (exact) mass is 180 g/mol. The zero-order chi connectivity index (χ0) is 9.84. The minimum atomic E-state index is -0.177. The Balaban J connectivity index is 3.13. The first kappa shape index (κ1) is 9.38. The van der Waals surface area contributed by atoms with Crippen LogP contribution in [0.25, 0.3) is 0 Å². The van der Waals surface area contributed by atoms with Crippen molar-refractivity contribution in [3.8, 4) is 5.75 Å². The highest BCUT2D eigenvalue weighted by Gasteiger charge is 2.08. The van der Waals surface area contributed by atoms with Gasteiger partial charge in [0.2, 0.25) is 0 Å². The first-order valence-electron chi connectivity index (χ1n) is 3.92. The van der Waals surface area contributed by atoms with Crippen LogP contribution in [0.15, 0.2) is 18.2 Å². The molecule has 70 valence electrons. The van der Waals surface area contributed by atoms with Crippen LogP contribution < -0.4 is 10.6 Å². The number of hydrogen-bond acceptors (Lipinski definition) is 3. The number of amides is 1. The number of benzene rings is 1. The Bertz CT molecular complexity index is 323. The first-order valence-corrected chi connectivity index (χ1v) is 3.92. The van der Waals surface area contributed by atoms with Crippen LogP contribution >= 0.6 is 0 Å². The molecule has 13 heavy (non-hydrogen) atoms. The number of phenols is 1. The lowest BCUT2D eigenvalue weighted by molar-refractivity contribution is 0.0964. The van der Waals surface area contributed by atoms with Crippen LogP contribution in [0.3, 0.4) is 0 Å². The third-order valence-corrected chi connectivity index (χ3v) is 1.74. The zero-order valence-corrected chi connectivity index (χ0v) is 7.59. The minimum absolute atomic E-state index is 0.136. The predicted molar refractivity (Wildman–Crippen MR) is 51.0 cm³/mol. The lowest BCUT2D eigenvalue weighted by Crippen LogP contribution is -2.19. The second kappa shape index (κ2) is 3.80. The number of nitrogens with one attached hydrogen (secondary N) is 2. The van der Waals surface area contributed by atoms with Gasteiger partial charge in [-0.1, -0.05) is 0 Å². The van der Waals surface area contributed by atoms with Gasteiger partial charge < -0.3 is 15.7 Å². The highest BCUT2D eigenvalue weighted by molar-refractivity contribution is 5.99. The number of phenolic OH excluding ortho intramolecular Hbond substituents is 1. The molecule has 1 rings (SSSR count). The molecular weight excluding hydrogens is 168 g/mol. The van der Waals surface area contributed by atoms with Crippen LogP contribution in [0.4, 0.5) is 5.69 Å². The molecule has 0 atom stereocenters. The molecule has 0 heterocycles. The highest BCUT2D eigenvalue weighted by atomic mass is 16.3. The number of carbonyl (C=O) groups is 1. The molecule has 0 aliphatic carbocycles. The van der Waals surface area contributed by atoms with Crippen molar-refractivity contribution in [3.05, 3.63) is 23.8 Å². The maximum Gasteiger partial charge on any atom is 0.253 e. The zero-order valence-electron chi connectivity index (χ0n) is 7.59. The largest absolute Gasteiger partial charge is 0.508 e. The maximum atomic E-state index is 11.3. The molecule has 4 nitrogen and oxygen atoms in total. The van der Waals surface area contributed by atoms with Crippen LogP contribution in [0, 0.1) is 0 Å². The molecule has 0 aliphatic heterocycles. The highest BCUT2D eigenvalue weighted by Crippen LogP contribution is 2.20. The molecule has 0 saturated heterocycles. The standard InChI is InChI=1S/C9H12N2O2/c1-10-8-5-6(12)3-4-7(8)9(13)11-2/h3-5,10,12H,1-2H3,(H,11,13). The summed E-state index contributed by atoms with van der Waals surface area (Å²) >= 11 is 0. The van der Waals surface area contributed by atoms with E-state index in [0.29, 0.717) is 11.3 Å². The van der Waals surface area contributed by atoms with E-state index in [1.54, 1.807) is 20.2 Å². The lowest BCUT2D eigenvalue weighted by atomic mass is 10.1. The van der Waals surface area contributed by atoms with E-state index in [2.05, 4.69) is 10.6 Å². The fourth-order valence-corrected chi connectivity index (χ4v) is 1.07. The summed E-state index contributed by atoms with van der Waals surface area (Å²) in [6.07, 6.45) is 0. The Hall–Kier alpha value is -1.71. The summed E-state index contributed by atoms with van der Waals surface area (Å²) in [5.41, 5.74) is 1.13. The molecule has 0 unspecified atom stereocenters. The number of rotatable bonds is 2. The normalized spacial score (nSPS) is 9.38. The van der Waals surface area contributed by atoms with Gasteiger partial charge in [0.05, 0.1) is 11.3 Å². The minimum Gasteiger partial charge on any atom is -0.508 e. The molecule has 1 aromatic rings. The van der Waals surface area contributed by atoms with Crippen molar-refractivity contribution in [2.75, 3.05) is 19.4 Å². The van der Waals surface area contributed by atoms with Crippen molar-refractivity contribution < 1.29 is 9.90 Å². The van der Waals surface area contributed by atoms with E-state index in [1.807, 2.05) is 0 Å². The van der Waals surface area contributed by atoms with Crippen molar-refractivity contribution in [3.63, 3.8) is 0 Å². The van der Waals surface area contributed by atoms with Crippen LogP contribution in [0.1, 0.15) is 10.4 Å². The van der Waals surface area contributed by atoms with Crippen LogP contribution in [0.2, 0.25) is 0 Å². The fourth-order valence-electron chi connectivity index (χ4n) is 1.07. The van der Waals surface area contributed by atoms with Gasteiger partial charge in [-0.25, -0.2) is 0 Å². The smallest absolute Gasteiger partial charge is 0.253 e. The second-order valence-corrected chi connectivity index (χ2v) is 2.56. The molecule has 0 fully saturated rings. The molecule has 1 aromatic carbocycles. The summed E-state index contributed by atoms with van der Waals surface area (Å²) in [5.74, 6) is -0.0404. The van der Waals surface area contributed by atoms with Crippen LogP contribution in [-0.2, 0) is 0 Å². The topological polar surface area (TPSA) is 61.4 Å². The van der Waals surface area contributed by atoms with E-state index in [9.17, 15) is 4.79 Å². The first-order chi connectivity index (χ1) is 6.19. The molecule has 0 saturated carbocycles. The van der Waals surface area contributed by atoms with Crippen LogP contribution in [-0.4, -0.2) is 25.1 Å². The number of aromatic hydroxyl groups is 1. The summed E-state index contributed by atoms with van der Waals surface area (Å²) in [7, 11) is 3.26. The van der Waals surface area contributed by atoms with E-state index < -0.39 is 0 Å². The van der Waals surface area contributed by atoms with E-state index in [4.69, 9.17) is 5.11 Å². The quantitative estimate of drug-likeness (QED) is 0.630. The Morgan fingerprint density at radius 2 is 2.08 bits per heavy atom. The number of anilines is 1. The number of hydrogen-bond donors (Lipinski definition) is 3. The fraction of sp³-hybridized carbons (Fsp3) is 0.222. The Kier molecular flexibility index (Phi) is 2.74. The maximum absolute atomic E-state index is 11.3. The van der Waals surface area contributed by atoms with Crippen molar-refractivity contribution in [1.82, 2.24) is 5.32 Å². The molecule has 1 amide bonds. The van der Waals surface area contributed by atoms with Gasteiger partial charge in [0, 0.05) is 20.2 Å². The van der Waals surface area contributed by atoms with Gasteiger partial charge in [-0.3, -0.25) is 4.79 Å². The molecule has 0 spiro atoms. The Morgan fingerprint density at radius 3 is 2.62 bits per heavy atom. The van der Waals surface area contributed by atoms with E-state index in [1.165, 1.54) is 12.1 Å². The molecule has 0 bridgehead atoms. The van der Waals surface area contributed by atoms with Gasteiger partial charge >= 0.3 is 0 Å². The van der Waals surface area contributed by atoms with Gasteiger partial charge in [0.25, 0.3) is 5.91 Å². The summed E-state index contributed by atoms with van der Waals surface area (Å²) in [4.78, 5) is 11.3. The van der Waals surface area contributed by atoms with Crippen molar-refractivity contribution >= 4 is 11.6 Å². The van der Waals surface area contributed by atoms with E-state index in [-0.39, 0.29) is 11.7 Å². The second-order valence-electron chi connectivity index (χ2n) is 2.56. The third kappa shape index (κ3) is 1.90. The van der Waals surface area contributed by atoms with Crippen molar-refractivity contribution in [1.29, 1.82) is 0 Å². The van der Waals surface area contributed by atoms with E-state index in [0.717, 1.165) is 0 Å². The predicted octanol–water partition coefficient (Wildman–Crippen LogP) is 0.793. The summed E-state index contributed by atoms with van der Waals surface area (Å²) in [6.45, 7) is 0. The molecule has 0 radical (unpaired) electrons. The molecule has 4 heteroatoms. The summed E-state index contributed by atoms with van der Waals surface area (Å²) < 4.78 is 0. The van der Waals surface area contributed by atoms with Gasteiger partial charge in [-0.2, -0.15) is 0 Å². The lowest BCUT2D eigenvalue weighted by Gasteiger charge is -2.07. The van der Waals surface area contributed by atoms with Crippen molar-refractivity contribution in [2.45, 2.75) is 0 Å². The molecule has 0 aliphatic rings. The SMILES string of the molecule is CNC(=O)c1ccc(O)cc1NC. The van der Waals surface area contributed by atoms with Crippen molar-refractivity contribution in [2.24, 2.45) is 0 Å². The number of carbonyl (C=O) groups excluding carboxylic acids is 1.